The summed E-state index contributed by atoms with van der Waals surface area (Å²) in [5, 5.41) is 1.24. The largest absolute Gasteiger partial charge is 0.491 e. The van der Waals surface area contributed by atoms with E-state index in [2.05, 4.69) is 0 Å². The predicted octanol–water partition coefficient (Wildman–Crippen LogP) is 6.71. The van der Waals surface area contributed by atoms with Crippen LogP contribution in [0.4, 0.5) is 4.79 Å². The van der Waals surface area contributed by atoms with E-state index in [0.717, 1.165) is 18.2 Å². The lowest BCUT2D eigenvalue weighted by molar-refractivity contribution is 0.00743. The van der Waals surface area contributed by atoms with Crippen molar-refractivity contribution in [3.05, 3.63) is 35.0 Å². The van der Waals surface area contributed by atoms with E-state index in [1.807, 2.05) is 57.7 Å². The third-order valence-electron chi connectivity index (χ3n) is 7.15. The number of hydrogen-bond donors (Lipinski definition) is 0. The van der Waals surface area contributed by atoms with Crippen molar-refractivity contribution < 1.29 is 19.1 Å². The lowest BCUT2D eigenvalue weighted by Gasteiger charge is -2.41. The lowest BCUT2D eigenvalue weighted by Crippen LogP contribution is -2.54. The zero-order chi connectivity index (χ0) is 26.7. The first-order chi connectivity index (χ1) is 17.5. The summed E-state index contributed by atoms with van der Waals surface area (Å²) in [6.45, 7) is 11.2. The van der Waals surface area contributed by atoms with Crippen LogP contribution >= 0.6 is 11.6 Å². The second-order valence-electron chi connectivity index (χ2n) is 11.6. The Balaban J connectivity index is 1.58. The lowest BCUT2D eigenvalue weighted by atomic mass is 10.0. The number of benzene rings is 1. The Morgan fingerprint density at radius 1 is 1.16 bits per heavy atom. The van der Waals surface area contributed by atoms with Gasteiger partial charge in [0.2, 0.25) is 0 Å². The van der Waals surface area contributed by atoms with Crippen molar-refractivity contribution in [1.82, 2.24) is 14.8 Å². The molecule has 37 heavy (non-hydrogen) atoms. The number of amides is 2. The average molecular weight is 530 g/mol. The van der Waals surface area contributed by atoms with Gasteiger partial charge in [-0.3, -0.25) is 4.79 Å². The maximum absolute atomic E-state index is 13.9. The molecule has 0 N–H and O–H groups in total. The fraction of sp³-hybridized carbons (Fsp3) is 0.621. The first-order valence-electron chi connectivity index (χ1n) is 13.6. The summed E-state index contributed by atoms with van der Waals surface area (Å²) in [6, 6.07) is 7.14. The molecule has 4 rings (SSSR count). The fourth-order valence-corrected chi connectivity index (χ4v) is 5.68. The number of ether oxygens (including phenoxy) is 2. The number of para-hydroxylation sites is 1. The molecule has 1 saturated carbocycles. The SMILES string of the molecule is CC(C)N(C(=O)c1cc(Cl)c2cccc(OCC3CCCC3)c2n1)[C@@H]1CCCN(C(=O)OC(C)(C)C)C1. The van der Waals surface area contributed by atoms with Crippen LogP contribution in [-0.4, -0.2) is 64.2 Å². The molecule has 1 aromatic carbocycles. The number of likely N-dealkylation sites (tertiary alicyclic amines) is 1. The number of rotatable bonds is 6. The van der Waals surface area contributed by atoms with Gasteiger partial charge in [0.1, 0.15) is 22.6 Å². The van der Waals surface area contributed by atoms with Crippen LogP contribution in [0, 0.1) is 5.92 Å². The summed E-state index contributed by atoms with van der Waals surface area (Å²) in [5.74, 6) is 1.03. The third-order valence-corrected chi connectivity index (χ3v) is 7.47. The van der Waals surface area contributed by atoms with Gasteiger partial charge in [0.05, 0.1) is 17.7 Å². The Hall–Kier alpha value is -2.54. The van der Waals surface area contributed by atoms with Crippen molar-refractivity contribution in [3.63, 3.8) is 0 Å². The van der Waals surface area contributed by atoms with E-state index in [1.165, 1.54) is 25.7 Å². The van der Waals surface area contributed by atoms with E-state index < -0.39 is 5.60 Å². The minimum atomic E-state index is -0.569. The molecule has 202 valence electrons. The van der Waals surface area contributed by atoms with E-state index in [1.54, 1.807) is 11.0 Å². The second-order valence-corrected chi connectivity index (χ2v) is 12.0. The second kappa shape index (κ2) is 11.5. The molecular weight excluding hydrogens is 490 g/mol. The van der Waals surface area contributed by atoms with E-state index in [-0.39, 0.29) is 29.8 Å². The standard InChI is InChI=1S/C29H40ClN3O4/c1-19(2)33(21-12-9-15-32(17-21)28(35)37-29(3,4)5)27(34)24-16-23(30)22-13-8-14-25(26(22)31-24)36-18-20-10-6-7-11-20/h8,13-14,16,19-21H,6-7,9-12,15,17-18H2,1-5H3/t21-/m1/s1. The molecule has 2 heterocycles. The smallest absolute Gasteiger partial charge is 0.410 e. The minimum Gasteiger partial charge on any atom is -0.491 e. The number of hydrogen-bond acceptors (Lipinski definition) is 5. The van der Waals surface area contributed by atoms with Gasteiger partial charge >= 0.3 is 6.09 Å². The molecule has 0 radical (unpaired) electrons. The quantitative estimate of drug-likeness (QED) is 0.416. The van der Waals surface area contributed by atoms with Crippen molar-refractivity contribution in [1.29, 1.82) is 0 Å². The molecule has 1 saturated heterocycles. The molecule has 2 fully saturated rings. The van der Waals surface area contributed by atoms with Crippen LogP contribution in [0.5, 0.6) is 5.75 Å². The molecule has 1 aliphatic heterocycles. The maximum Gasteiger partial charge on any atom is 0.410 e. The summed E-state index contributed by atoms with van der Waals surface area (Å²) in [4.78, 5) is 34.9. The van der Waals surface area contributed by atoms with Gasteiger partial charge in [-0.25, -0.2) is 9.78 Å². The third kappa shape index (κ3) is 6.67. The van der Waals surface area contributed by atoms with Crippen molar-refractivity contribution in [2.75, 3.05) is 19.7 Å². The Labute approximate surface area is 225 Å². The summed E-state index contributed by atoms with van der Waals surface area (Å²) < 4.78 is 11.8. The monoisotopic (exact) mass is 529 g/mol. The van der Waals surface area contributed by atoms with Gasteiger partial charge in [-0.1, -0.05) is 36.6 Å². The molecule has 2 amide bonds. The van der Waals surface area contributed by atoms with Crippen LogP contribution < -0.4 is 4.74 Å². The Kier molecular flexibility index (Phi) is 8.52. The van der Waals surface area contributed by atoms with Crippen LogP contribution in [0.3, 0.4) is 0 Å². The number of carbonyl (C=O) groups excluding carboxylic acids is 2. The van der Waals surface area contributed by atoms with E-state index in [9.17, 15) is 9.59 Å². The van der Waals surface area contributed by atoms with Crippen molar-refractivity contribution >= 4 is 34.5 Å². The number of halogens is 1. The van der Waals surface area contributed by atoms with E-state index in [0.29, 0.717) is 41.9 Å². The zero-order valence-corrected chi connectivity index (χ0v) is 23.5. The van der Waals surface area contributed by atoms with Crippen LogP contribution in [0.2, 0.25) is 5.02 Å². The van der Waals surface area contributed by atoms with Crippen LogP contribution in [0.1, 0.15) is 83.6 Å². The summed E-state index contributed by atoms with van der Waals surface area (Å²) in [5.41, 5.74) is 0.331. The zero-order valence-electron chi connectivity index (χ0n) is 22.8. The molecule has 8 heteroatoms. The van der Waals surface area contributed by atoms with Crippen molar-refractivity contribution in [2.24, 2.45) is 5.92 Å². The summed E-state index contributed by atoms with van der Waals surface area (Å²) in [7, 11) is 0. The van der Waals surface area contributed by atoms with Gasteiger partial charge in [-0.15, -0.1) is 0 Å². The molecule has 0 spiro atoms. The van der Waals surface area contributed by atoms with Gasteiger partial charge in [0.15, 0.2) is 0 Å². The Morgan fingerprint density at radius 2 is 1.89 bits per heavy atom. The van der Waals surface area contributed by atoms with Crippen molar-refractivity contribution in [3.8, 4) is 5.75 Å². The molecule has 1 aliphatic carbocycles. The highest BCUT2D eigenvalue weighted by molar-refractivity contribution is 6.35. The maximum atomic E-state index is 13.9. The van der Waals surface area contributed by atoms with Gasteiger partial charge in [0, 0.05) is 24.5 Å². The van der Waals surface area contributed by atoms with Crippen LogP contribution in [0.25, 0.3) is 10.9 Å². The Morgan fingerprint density at radius 3 is 2.57 bits per heavy atom. The highest BCUT2D eigenvalue weighted by Crippen LogP contribution is 2.33. The number of pyridine rings is 1. The van der Waals surface area contributed by atoms with Gasteiger partial charge in [-0.2, -0.15) is 0 Å². The number of fused-ring (bicyclic) bond motifs is 1. The highest BCUT2D eigenvalue weighted by atomic mass is 35.5. The molecule has 0 unspecified atom stereocenters. The molecule has 1 aromatic heterocycles. The van der Waals surface area contributed by atoms with Crippen LogP contribution in [0.15, 0.2) is 24.3 Å². The first kappa shape index (κ1) is 27.5. The van der Waals surface area contributed by atoms with E-state index in [4.69, 9.17) is 26.1 Å². The number of aromatic nitrogens is 1. The Bertz CT molecular complexity index is 1120. The highest BCUT2D eigenvalue weighted by Gasteiger charge is 2.35. The van der Waals surface area contributed by atoms with Gasteiger partial charge < -0.3 is 19.3 Å². The molecular formula is C29H40ClN3O4. The molecule has 7 nitrogen and oxygen atoms in total. The normalized spacial score (nSPS) is 18.9. The van der Waals surface area contributed by atoms with Gasteiger partial charge in [0.25, 0.3) is 5.91 Å². The minimum absolute atomic E-state index is 0.0822. The predicted molar refractivity (Wildman–Crippen MR) is 146 cm³/mol. The molecule has 2 aliphatic rings. The summed E-state index contributed by atoms with van der Waals surface area (Å²) >= 11 is 6.67. The molecule has 0 bridgehead atoms. The topological polar surface area (TPSA) is 72.0 Å². The molecule has 2 aromatic rings. The number of carbonyl (C=O) groups is 2. The first-order valence-corrected chi connectivity index (χ1v) is 13.9. The van der Waals surface area contributed by atoms with Crippen molar-refractivity contribution in [2.45, 2.75) is 90.8 Å². The van der Waals surface area contributed by atoms with Crippen LogP contribution in [-0.2, 0) is 4.74 Å². The van der Waals surface area contributed by atoms with Gasteiger partial charge in [-0.05, 0) is 78.4 Å². The number of nitrogens with zero attached hydrogens (tertiary/aromatic N) is 3. The molecule has 1 atom stereocenters. The fourth-order valence-electron chi connectivity index (χ4n) is 5.42. The summed E-state index contributed by atoms with van der Waals surface area (Å²) in [6.07, 6.45) is 6.14. The van der Waals surface area contributed by atoms with E-state index >= 15 is 0 Å². The average Bonchev–Trinajstić information content (AvgIpc) is 3.35. The number of piperidine rings is 1.